The van der Waals surface area contributed by atoms with Gasteiger partial charge in [0.25, 0.3) is 0 Å². The molecule has 14 heavy (non-hydrogen) atoms. The molecule has 5 N–H and O–H groups in total. The zero-order chi connectivity index (χ0) is 10.7. The number of likely N-dealkylation sites (tertiary alicyclic amines) is 1. The second-order valence-electron chi connectivity index (χ2n) is 3.60. The summed E-state index contributed by atoms with van der Waals surface area (Å²) < 4.78 is 0. The lowest BCUT2D eigenvalue weighted by Gasteiger charge is -2.25. The van der Waals surface area contributed by atoms with Crippen molar-refractivity contribution in [1.29, 1.82) is 0 Å². The van der Waals surface area contributed by atoms with Crippen molar-refractivity contribution in [3.63, 3.8) is 0 Å². The monoisotopic (exact) mass is 207 g/mol. The zero-order valence-corrected chi connectivity index (χ0v) is 7.82. The van der Waals surface area contributed by atoms with E-state index in [1.54, 1.807) is 4.90 Å². The van der Waals surface area contributed by atoms with Crippen LogP contribution in [0.15, 0.2) is 0 Å². The molecule has 0 saturated carbocycles. The molecule has 0 radical (unpaired) electrons. The Morgan fingerprint density at radius 2 is 1.93 bits per heavy atom. The van der Waals surface area contributed by atoms with Gasteiger partial charge in [-0.15, -0.1) is 0 Å². The standard InChI is InChI=1S/C8H17NO5/c10-3-5(12)1-9-2-7(13)8(14)6(9)4-11/h5-8,10-14H,1-4H2/t5?,6-,7-,8-/m0/s1. The molecule has 0 spiro atoms. The first-order chi connectivity index (χ1) is 6.60. The quantitative estimate of drug-likeness (QED) is 0.331. The second kappa shape index (κ2) is 5.01. The lowest BCUT2D eigenvalue weighted by atomic mass is 10.1. The van der Waals surface area contributed by atoms with Gasteiger partial charge in [0.05, 0.1) is 37.6 Å². The molecule has 84 valence electrons. The van der Waals surface area contributed by atoms with Crippen molar-refractivity contribution in [1.82, 2.24) is 4.90 Å². The third-order valence-electron chi connectivity index (χ3n) is 2.52. The van der Waals surface area contributed by atoms with E-state index in [2.05, 4.69) is 0 Å². The Morgan fingerprint density at radius 1 is 1.29 bits per heavy atom. The van der Waals surface area contributed by atoms with Gasteiger partial charge in [-0.1, -0.05) is 0 Å². The molecule has 1 heterocycles. The predicted octanol–water partition coefficient (Wildman–Crippen LogP) is -3.26. The first-order valence-electron chi connectivity index (χ1n) is 4.60. The highest BCUT2D eigenvalue weighted by atomic mass is 16.3. The third-order valence-corrected chi connectivity index (χ3v) is 2.52. The van der Waals surface area contributed by atoms with Gasteiger partial charge in [0.2, 0.25) is 0 Å². The van der Waals surface area contributed by atoms with Gasteiger partial charge in [-0.2, -0.15) is 0 Å². The molecule has 0 aromatic rings. The van der Waals surface area contributed by atoms with Crippen molar-refractivity contribution in [2.24, 2.45) is 0 Å². The van der Waals surface area contributed by atoms with E-state index in [1.807, 2.05) is 0 Å². The van der Waals surface area contributed by atoms with E-state index >= 15 is 0 Å². The van der Waals surface area contributed by atoms with Crippen LogP contribution in [0.3, 0.4) is 0 Å². The summed E-state index contributed by atoms with van der Waals surface area (Å²) in [5.41, 5.74) is 0. The normalized spacial score (nSPS) is 36.2. The number of aliphatic hydroxyl groups is 5. The molecule has 1 aliphatic rings. The van der Waals surface area contributed by atoms with Crippen LogP contribution in [0.4, 0.5) is 0 Å². The highest BCUT2D eigenvalue weighted by Crippen LogP contribution is 2.18. The van der Waals surface area contributed by atoms with Crippen molar-refractivity contribution >= 4 is 0 Å². The molecule has 0 bridgehead atoms. The first-order valence-corrected chi connectivity index (χ1v) is 4.60. The topological polar surface area (TPSA) is 104 Å². The average molecular weight is 207 g/mol. The van der Waals surface area contributed by atoms with E-state index in [1.165, 1.54) is 0 Å². The van der Waals surface area contributed by atoms with Crippen LogP contribution >= 0.6 is 0 Å². The van der Waals surface area contributed by atoms with E-state index in [0.717, 1.165) is 0 Å². The molecule has 1 saturated heterocycles. The van der Waals surface area contributed by atoms with Gasteiger partial charge in [-0.3, -0.25) is 4.90 Å². The van der Waals surface area contributed by atoms with E-state index in [9.17, 15) is 10.2 Å². The fourth-order valence-corrected chi connectivity index (χ4v) is 1.72. The SMILES string of the molecule is OCC(O)CN1C[C@H](O)[C@@H](O)[C@@H]1CO. The van der Waals surface area contributed by atoms with Crippen molar-refractivity contribution < 1.29 is 25.5 Å². The number of aliphatic hydroxyl groups excluding tert-OH is 5. The number of rotatable bonds is 4. The number of hydrogen-bond acceptors (Lipinski definition) is 6. The molecule has 1 unspecified atom stereocenters. The van der Waals surface area contributed by atoms with Gasteiger partial charge in [-0.25, -0.2) is 0 Å². The molecule has 0 aromatic carbocycles. The Morgan fingerprint density at radius 3 is 2.43 bits per heavy atom. The average Bonchev–Trinajstić information content (AvgIpc) is 2.42. The number of hydrogen-bond donors (Lipinski definition) is 5. The second-order valence-corrected chi connectivity index (χ2v) is 3.60. The van der Waals surface area contributed by atoms with Crippen molar-refractivity contribution in [3.8, 4) is 0 Å². The maximum atomic E-state index is 9.42. The highest BCUT2D eigenvalue weighted by Gasteiger charge is 2.39. The molecule has 1 aliphatic heterocycles. The Hall–Kier alpha value is -0.240. The van der Waals surface area contributed by atoms with Crippen LogP contribution in [0.5, 0.6) is 0 Å². The molecule has 0 aromatic heterocycles. The van der Waals surface area contributed by atoms with Crippen LogP contribution in [0, 0.1) is 0 Å². The van der Waals surface area contributed by atoms with Crippen molar-refractivity contribution in [3.05, 3.63) is 0 Å². The summed E-state index contributed by atoms with van der Waals surface area (Å²) in [6, 6.07) is -0.564. The van der Waals surface area contributed by atoms with Crippen LogP contribution in [-0.4, -0.2) is 81.1 Å². The van der Waals surface area contributed by atoms with E-state index in [4.69, 9.17) is 15.3 Å². The van der Waals surface area contributed by atoms with E-state index < -0.39 is 24.4 Å². The van der Waals surface area contributed by atoms with Gasteiger partial charge in [0.1, 0.15) is 0 Å². The van der Waals surface area contributed by atoms with Crippen LogP contribution in [0.25, 0.3) is 0 Å². The Balaban J connectivity index is 2.52. The zero-order valence-electron chi connectivity index (χ0n) is 7.82. The molecule has 6 nitrogen and oxygen atoms in total. The lowest BCUT2D eigenvalue weighted by Crippen LogP contribution is -2.43. The maximum absolute atomic E-state index is 9.42. The molecule has 0 aliphatic carbocycles. The Kier molecular flexibility index (Phi) is 4.24. The van der Waals surface area contributed by atoms with Crippen LogP contribution in [0.2, 0.25) is 0 Å². The van der Waals surface area contributed by atoms with Gasteiger partial charge in [0.15, 0.2) is 0 Å². The number of nitrogens with zero attached hydrogens (tertiary/aromatic N) is 1. The largest absolute Gasteiger partial charge is 0.395 e. The van der Waals surface area contributed by atoms with Crippen LogP contribution in [0.1, 0.15) is 0 Å². The highest BCUT2D eigenvalue weighted by molar-refractivity contribution is 4.93. The summed E-state index contributed by atoms with van der Waals surface area (Å²) in [6.07, 6.45) is -2.81. The first kappa shape index (κ1) is 11.8. The van der Waals surface area contributed by atoms with Gasteiger partial charge < -0.3 is 25.5 Å². The van der Waals surface area contributed by atoms with Crippen LogP contribution < -0.4 is 0 Å². The number of β-amino-alcohol motifs (C(OH)–C–C–N with tert-alkyl or cyclic N) is 2. The fourth-order valence-electron chi connectivity index (χ4n) is 1.72. The van der Waals surface area contributed by atoms with Crippen LogP contribution in [-0.2, 0) is 0 Å². The van der Waals surface area contributed by atoms with Crippen molar-refractivity contribution in [2.45, 2.75) is 24.4 Å². The molecule has 6 heteroatoms. The minimum absolute atomic E-state index is 0.135. The smallest absolute Gasteiger partial charge is 0.0988 e. The van der Waals surface area contributed by atoms with Gasteiger partial charge >= 0.3 is 0 Å². The fraction of sp³-hybridized carbons (Fsp3) is 1.00. The maximum Gasteiger partial charge on any atom is 0.0988 e. The molecular formula is C8H17NO5. The van der Waals surface area contributed by atoms with E-state index in [0.29, 0.717) is 0 Å². The molecule has 4 atom stereocenters. The third kappa shape index (κ3) is 2.41. The summed E-state index contributed by atoms with van der Waals surface area (Å²) >= 11 is 0. The Labute approximate surface area is 82.0 Å². The van der Waals surface area contributed by atoms with Gasteiger partial charge in [0, 0.05) is 13.1 Å². The summed E-state index contributed by atoms with van der Waals surface area (Å²) in [4.78, 5) is 1.57. The molecular weight excluding hydrogens is 190 g/mol. The van der Waals surface area contributed by atoms with Gasteiger partial charge in [-0.05, 0) is 0 Å². The molecule has 0 amide bonds. The van der Waals surface area contributed by atoms with Crippen molar-refractivity contribution in [2.75, 3.05) is 26.3 Å². The Bertz CT molecular complexity index is 179. The summed E-state index contributed by atoms with van der Waals surface area (Å²) in [5.74, 6) is 0. The summed E-state index contributed by atoms with van der Waals surface area (Å²) in [6.45, 7) is -0.323. The summed E-state index contributed by atoms with van der Waals surface area (Å²) in [5, 5.41) is 45.5. The van der Waals surface area contributed by atoms with E-state index in [-0.39, 0.29) is 26.3 Å². The minimum Gasteiger partial charge on any atom is -0.395 e. The molecule has 1 fully saturated rings. The predicted molar refractivity (Wildman–Crippen MR) is 47.6 cm³/mol. The lowest BCUT2D eigenvalue weighted by molar-refractivity contribution is 0.0104. The molecule has 1 rings (SSSR count). The summed E-state index contributed by atoms with van der Waals surface area (Å²) in [7, 11) is 0. The minimum atomic E-state index is -0.995.